The van der Waals surface area contributed by atoms with Gasteiger partial charge in [0.2, 0.25) is 0 Å². The normalized spacial score (nSPS) is 10.3. The van der Waals surface area contributed by atoms with Crippen LogP contribution in [0.15, 0.2) is 18.2 Å². The molecule has 0 radical (unpaired) electrons. The molecule has 0 amide bonds. The number of carboxylic acids is 1. The number of unbranched alkanes of at least 4 members (excludes halogenated alkanes) is 3. The Balaban J connectivity index is 2.45. The molecule has 0 aliphatic heterocycles. The maximum atomic E-state index is 11.0. The van der Waals surface area contributed by atoms with Crippen LogP contribution in [0.3, 0.4) is 0 Å². The fourth-order valence-electron chi connectivity index (χ4n) is 1.66. The van der Waals surface area contributed by atoms with Crippen molar-refractivity contribution in [1.82, 2.24) is 0 Å². The minimum absolute atomic E-state index is 0.227. The third kappa shape index (κ3) is 4.94. The fraction of sp³-hybridized carbons (Fsp3) is 0.462. The highest BCUT2D eigenvalue weighted by Crippen LogP contribution is 2.21. The van der Waals surface area contributed by atoms with Crippen molar-refractivity contribution in [2.45, 2.75) is 25.7 Å². The zero-order valence-electron chi connectivity index (χ0n) is 10.2. The summed E-state index contributed by atoms with van der Waals surface area (Å²) in [6, 6.07) is 4.69. The Labute approximate surface area is 112 Å². The van der Waals surface area contributed by atoms with Gasteiger partial charge in [-0.05, 0) is 31.0 Å². The Morgan fingerprint density at radius 3 is 2.61 bits per heavy atom. The van der Waals surface area contributed by atoms with Crippen LogP contribution in [0.2, 0.25) is 5.02 Å². The quantitative estimate of drug-likeness (QED) is 0.636. The van der Waals surface area contributed by atoms with Crippen molar-refractivity contribution in [3.8, 4) is 0 Å². The van der Waals surface area contributed by atoms with E-state index in [1.165, 1.54) is 6.07 Å². The summed E-state index contributed by atoms with van der Waals surface area (Å²) in [5.41, 5.74) is 0.784. The Hall–Kier alpha value is -1.26. The summed E-state index contributed by atoms with van der Waals surface area (Å²) in [6.45, 7) is 0.928. The third-order valence-corrected chi connectivity index (χ3v) is 2.85. The lowest BCUT2D eigenvalue weighted by Gasteiger charge is -2.09. The van der Waals surface area contributed by atoms with Gasteiger partial charge in [-0.2, -0.15) is 0 Å². The summed E-state index contributed by atoms with van der Waals surface area (Å²) < 4.78 is 0. The lowest BCUT2D eigenvalue weighted by atomic mass is 10.1. The number of carbonyl (C=O) groups is 1. The first-order valence-electron chi connectivity index (χ1n) is 6.02. The van der Waals surface area contributed by atoms with Crippen molar-refractivity contribution in [3.63, 3.8) is 0 Å². The van der Waals surface area contributed by atoms with Gasteiger partial charge in [-0.15, -0.1) is 0 Å². The highest BCUT2D eigenvalue weighted by Gasteiger charge is 2.09. The van der Waals surface area contributed by atoms with E-state index in [9.17, 15) is 4.79 Å². The summed E-state index contributed by atoms with van der Waals surface area (Å²) in [5, 5.41) is 21.3. The van der Waals surface area contributed by atoms with Gasteiger partial charge in [0.15, 0.2) is 0 Å². The highest BCUT2D eigenvalue weighted by atomic mass is 35.5. The average molecular weight is 272 g/mol. The van der Waals surface area contributed by atoms with Crippen LogP contribution in [-0.4, -0.2) is 29.3 Å². The largest absolute Gasteiger partial charge is 0.478 e. The number of hydrogen-bond donors (Lipinski definition) is 3. The molecule has 1 rings (SSSR count). The van der Waals surface area contributed by atoms with Crippen LogP contribution < -0.4 is 5.32 Å². The Bertz CT molecular complexity index is 396. The molecule has 0 aromatic heterocycles. The van der Waals surface area contributed by atoms with E-state index in [1.807, 2.05) is 0 Å². The van der Waals surface area contributed by atoms with Crippen molar-refractivity contribution in [2.24, 2.45) is 0 Å². The van der Waals surface area contributed by atoms with Gasteiger partial charge < -0.3 is 15.5 Å². The van der Waals surface area contributed by atoms with Gasteiger partial charge in [0.05, 0.1) is 11.3 Å². The highest BCUT2D eigenvalue weighted by molar-refractivity contribution is 6.31. The number of carboxylic acid groups (broad SMARTS) is 1. The molecule has 0 atom stereocenters. The van der Waals surface area contributed by atoms with Crippen LogP contribution in [0.4, 0.5) is 5.69 Å². The smallest absolute Gasteiger partial charge is 0.337 e. The number of aliphatic hydroxyl groups excluding tert-OH is 1. The molecule has 1 aromatic rings. The summed E-state index contributed by atoms with van der Waals surface area (Å²) in [6.07, 6.45) is 3.75. The van der Waals surface area contributed by atoms with E-state index in [-0.39, 0.29) is 12.2 Å². The van der Waals surface area contributed by atoms with Gasteiger partial charge in [0, 0.05) is 18.2 Å². The lowest BCUT2D eigenvalue weighted by Crippen LogP contribution is -2.07. The second-order valence-electron chi connectivity index (χ2n) is 4.06. The number of aromatic carboxylic acids is 1. The first-order chi connectivity index (χ1) is 8.65. The van der Waals surface area contributed by atoms with Crippen LogP contribution >= 0.6 is 11.6 Å². The molecular weight excluding hydrogens is 254 g/mol. The van der Waals surface area contributed by atoms with E-state index in [0.29, 0.717) is 17.3 Å². The Morgan fingerprint density at radius 2 is 1.94 bits per heavy atom. The maximum absolute atomic E-state index is 11.0. The van der Waals surface area contributed by atoms with Gasteiger partial charge in [-0.3, -0.25) is 0 Å². The number of hydrogen-bond acceptors (Lipinski definition) is 3. The zero-order valence-corrected chi connectivity index (χ0v) is 10.9. The van der Waals surface area contributed by atoms with Crippen LogP contribution in [-0.2, 0) is 0 Å². The minimum Gasteiger partial charge on any atom is -0.478 e. The number of nitrogens with one attached hydrogen (secondary N) is 1. The third-order valence-electron chi connectivity index (χ3n) is 2.61. The SMILES string of the molecule is O=C(O)c1ccc(Cl)cc1NCCCCCCO. The second kappa shape index (κ2) is 7.95. The summed E-state index contributed by atoms with van der Waals surface area (Å²) >= 11 is 5.84. The topological polar surface area (TPSA) is 69.6 Å². The number of halogens is 1. The van der Waals surface area contributed by atoms with Crippen LogP contribution in [0.5, 0.6) is 0 Å². The van der Waals surface area contributed by atoms with E-state index in [1.54, 1.807) is 12.1 Å². The first kappa shape index (κ1) is 14.8. The number of anilines is 1. The van der Waals surface area contributed by atoms with Crippen molar-refractivity contribution in [3.05, 3.63) is 28.8 Å². The standard InChI is InChI=1S/C13H18ClNO3/c14-10-5-6-11(13(17)18)12(9-10)15-7-3-1-2-4-8-16/h5-6,9,15-16H,1-4,7-8H2,(H,17,18). The summed E-state index contributed by atoms with van der Waals surface area (Å²) in [4.78, 5) is 11.0. The molecule has 0 unspecified atom stereocenters. The molecule has 0 aliphatic carbocycles. The van der Waals surface area contributed by atoms with Crippen molar-refractivity contribution in [2.75, 3.05) is 18.5 Å². The Morgan fingerprint density at radius 1 is 1.22 bits per heavy atom. The lowest BCUT2D eigenvalue weighted by molar-refractivity contribution is 0.0698. The molecule has 0 saturated heterocycles. The van der Waals surface area contributed by atoms with E-state index in [2.05, 4.69) is 5.32 Å². The van der Waals surface area contributed by atoms with Crippen molar-refractivity contribution in [1.29, 1.82) is 0 Å². The number of benzene rings is 1. The minimum atomic E-state index is -0.963. The molecule has 0 spiro atoms. The molecule has 0 fully saturated rings. The van der Waals surface area contributed by atoms with Gasteiger partial charge in [-0.1, -0.05) is 24.4 Å². The summed E-state index contributed by atoms with van der Waals surface area (Å²) in [7, 11) is 0. The van der Waals surface area contributed by atoms with E-state index in [0.717, 1.165) is 25.7 Å². The fourth-order valence-corrected chi connectivity index (χ4v) is 1.83. The molecule has 0 heterocycles. The van der Waals surface area contributed by atoms with E-state index in [4.69, 9.17) is 21.8 Å². The van der Waals surface area contributed by atoms with Crippen LogP contribution in [0.25, 0.3) is 0 Å². The first-order valence-corrected chi connectivity index (χ1v) is 6.40. The van der Waals surface area contributed by atoms with Crippen LogP contribution in [0.1, 0.15) is 36.0 Å². The van der Waals surface area contributed by atoms with Gasteiger partial charge in [0.25, 0.3) is 0 Å². The zero-order chi connectivity index (χ0) is 13.4. The molecule has 18 heavy (non-hydrogen) atoms. The monoisotopic (exact) mass is 271 g/mol. The van der Waals surface area contributed by atoms with Gasteiger partial charge >= 0.3 is 5.97 Å². The molecular formula is C13H18ClNO3. The number of rotatable bonds is 8. The number of aliphatic hydroxyl groups is 1. The van der Waals surface area contributed by atoms with Crippen molar-refractivity contribution < 1.29 is 15.0 Å². The molecule has 0 saturated carbocycles. The molecule has 0 bridgehead atoms. The summed E-state index contributed by atoms with van der Waals surface area (Å²) in [5.74, 6) is -0.963. The molecule has 0 aliphatic rings. The van der Waals surface area contributed by atoms with E-state index < -0.39 is 5.97 Å². The van der Waals surface area contributed by atoms with Gasteiger partial charge in [-0.25, -0.2) is 4.79 Å². The maximum Gasteiger partial charge on any atom is 0.337 e. The molecule has 1 aromatic carbocycles. The molecule has 3 N–H and O–H groups in total. The van der Waals surface area contributed by atoms with Crippen molar-refractivity contribution >= 4 is 23.3 Å². The predicted molar refractivity (Wildman–Crippen MR) is 72.5 cm³/mol. The second-order valence-corrected chi connectivity index (χ2v) is 4.50. The molecule has 4 nitrogen and oxygen atoms in total. The van der Waals surface area contributed by atoms with Crippen LogP contribution in [0, 0.1) is 0 Å². The molecule has 100 valence electrons. The predicted octanol–water partition coefficient (Wildman–Crippen LogP) is 3.00. The average Bonchev–Trinajstić information content (AvgIpc) is 2.33. The Kier molecular flexibility index (Phi) is 6.54. The van der Waals surface area contributed by atoms with E-state index >= 15 is 0 Å². The molecule has 5 heteroatoms. The van der Waals surface area contributed by atoms with Gasteiger partial charge in [0.1, 0.15) is 0 Å².